The fourth-order valence-corrected chi connectivity index (χ4v) is 5.01. The number of hydrogen-bond donors (Lipinski definition) is 3. The summed E-state index contributed by atoms with van der Waals surface area (Å²) in [4.78, 5) is 39.2. The smallest absolute Gasteiger partial charge is 0.305 e. The number of nitrogens with zero attached hydrogens (tertiary/aromatic N) is 1. The number of likely N-dealkylation sites (tertiary alicyclic amines) is 1. The first-order valence-corrected chi connectivity index (χ1v) is 14.2. The molecule has 0 aromatic rings. The number of carbonyl (C=O) groups excluding carboxylic acids is 3. The van der Waals surface area contributed by atoms with Gasteiger partial charge in [-0.15, -0.1) is 12.4 Å². The van der Waals surface area contributed by atoms with Crippen molar-refractivity contribution in [1.82, 2.24) is 15.5 Å². The second kappa shape index (κ2) is 20.6. The molecule has 218 valence electrons. The van der Waals surface area contributed by atoms with Crippen LogP contribution in [0.2, 0.25) is 0 Å². The number of esters is 1. The maximum Gasteiger partial charge on any atom is 0.305 e. The third kappa shape index (κ3) is 15.6. The van der Waals surface area contributed by atoms with Crippen LogP contribution in [-0.2, 0) is 19.1 Å². The summed E-state index contributed by atoms with van der Waals surface area (Å²) >= 11 is 0. The lowest BCUT2D eigenvalue weighted by Gasteiger charge is -2.28. The maximum atomic E-state index is 13.1. The highest BCUT2D eigenvalue weighted by Crippen LogP contribution is 2.23. The molecule has 1 aliphatic rings. The molecule has 4 unspecified atom stereocenters. The highest BCUT2D eigenvalue weighted by atomic mass is 35.5. The molecule has 1 rings (SSSR count). The molecule has 2 amide bonds. The van der Waals surface area contributed by atoms with Crippen molar-refractivity contribution in [2.24, 2.45) is 23.5 Å². The molecule has 4 atom stereocenters. The standard InChI is InChI=1S/C28H54N4O4.ClH/c1-21(2)9-6-10-22(3)11-7-12-23(4)19-26(33)32-18-8-13-24(32)20-31-25(14-15-27(34)36-5)28(35)30-17-16-29;/h21-25,31H,6-20,29H2,1-5H3,(H,30,35);1H. The van der Waals surface area contributed by atoms with E-state index in [-0.39, 0.29) is 42.7 Å². The lowest BCUT2D eigenvalue weighted by atomic mass is 9.92. The van der Waals surface area contributed by atoms with Crippen LogP contribution in [0, 0.1) is 17.8 Å². The third-order valence-electron chi connectivity index (χ3n) is 7.32. The molecule has 37 heavy (non-hydrogen) atoms. The van der Waals surface area contributed by atoms with Gasteiger partial charge in [0.25, 0.3) is 0 Å². The predicted molar refractivity (Wildman–Crippen MR) is 153 cm³/mol. The Morgan fingerprint density at radius 2 is 1.65 bits per heavy atom. The fourth-order valence-electron chi connectivity index (χ4n) is 5.01. The highest BCUT2D eigenvalue weighted by Gasteiger charge is 2.30. The van der Waals surface area contributed by atoms with E-state index in [0.29, 0.717) is 38.4 Å². The first-order valence-electron chi connectivity index (χ1n) is 14.2. The summed E-state index contributed by atoms with van der Waals surface area (Å²) in [7, 11) is 1.34. The van der Waals surface area contributed by atoms with E-state index in [1.807, 2.05) is 4.90 Å². The number of nitrogens with one attached hydrogen (secondary N) is 2. The summed E-state index contributed by atoms with van der Waals surface area (Å²) in [5.41, 5.74) is 5.51. The van der Waals surface area contributed by atoms with Crippen LogP contribution < -0.4 is 16.4 Å². The minimum Gasteiger partial charge on any atom is -0.469 e. The number of rotatable bonds is 19. The summed E-state index contributed by atoms with van der Waals surface area (Å²) in [5, 5.41) is 6.10. The first kappa shape index (κ1) is 35.6. The largest absolute Gasteiger partial charge is 0.469 e. The van der Waals surface area contributed by atoms with Crippen molar-refractivity contribution in [1.29, 1.82) is 0 Å². The quantitative estimate of drug-likeness (QED) is 0.211. The molecule has 0 spiro atoms. The zero-order valence-electron chi connectivity index (χ0n) is 24.1. The number of amides is 2. The van der Waals surface area contributed by atoms with Gasteiger partial charge in [-0.2, -0.15) is 0 Å². The van der Waals surface area contributed by atoms with E-state index in [9.17, 15) is 14.4 Å². The van der Waals surface area contributed by atoms with E-state index < -0.39 is 6.04 Å². The molecule has 0 bridgehead atoms. The van der Waals surface area contributed by atoms with Crippen LogP contribution in [0.5, 0.6) is 0 Å². The number of carbonyl (C=O) groups is 3. The molecule has 1 aliphatic heterocycles. The van der Waals surface area contributed by atoms with Crippen LogP contribution in [0.4, 0.5) is 0 Å². The number of ether oxygens (including phenoxy) is 1. The van der Waals surface area contributed by atoms with E-state index in [4.69, 9.17) is 10.5 Å². The Kier molecular flexibility index (Phi) is 19.8. The van der Waals surface area contributed by atoms with Gasteiger partial charge in [-0.1, -0.05) is 66.2 Å². The molecule has 1 fully saturated rings. The van der Waals surface area contributed by atoms with E-state index in [1.54, 1.807) is 0 Å². The maximum absolute atomic E-state index is 13.1. The summed E-state index contributed by atoms with van der Waals surface area (Å²) in [6, 6.07) is -0.441. The lowest BCUT2D eigenvalue weighted by Crippen LogP contribution is -2.50. The van der Waals surface area contributed by atoms with Crippen molar-refractivity contribution in [3.05, 3.63) is 0 Å². The molecule has 0 aromatic carbocycles. The SMILES string of the molecule is COC(=O)CCC(NCC1CCCN1C(=O)CC(C)CCCC(C)CCCC(C)C)C(=O)NCCN.Cl. The minimum atomic E-state index is -0.519. The molecule has 0 saturated carbocycles. The van der Waals surface area contributed by atoms with Gasteiger partial charge >= 0.3 is 5.97 Å². The van der Waals surface area contributed by atoms with Crippen molar-refractivity contribution < 1.29 is 19.1 Å². The van der Waals surface area contributed by atoms with Gasteiger partial charge in [0.15, 0.2) is 0 Å². The second-order valence-corrected chi connectivity index (χ2v) is 11.2. The molecule has 0 aliphatic carbocycles. The Balaban J connectivity index is 0.0000130. The average molecular weight is 547 g/mol. The monoisotopic (exact) mass is 546 g/mol. The molecule has 9 heteroatoms. The van der Waals surface area contributed by atoms with E-state index in [2.05, 4.69) is 38.3 Å². The number of halogens is 1. The average Bonchev–Trinajstić information content (AvgIpc) is 3.30. The molecule has 4 N–H and O–H groups in total. The third-order valence-corrected chi connectivity index (χ3v) is 7.32. The van der Waals surface area contributed by atoms with E-state index >= 15 is 0 Å². The van der Waals surface area contributed by atoms with Crippen LogP contribution in [0.1, 0.15) is 98.3 Å². The van der Waals surface area contributed by atoms with Gasteiger partial charge in [0.1, 0.15) is 0 Å². The van der Waals surface area contributed by atoms with Gasteiger partial charge in [0.05, 0.1) is 13.2 Å². The Morgan fingerprint density at radius 1 is 1.00 bits per heavy atom. The molecular weight excluding hydrogens is 492 g/mol. The predicted octanol–water partition coefficient (Wildman–Crippen LogP) is 4.04. The summed E-state index contributed by atoms with van der Waals surface area (Å²) in [5.74, 6) is 1.62. The van der Waals surface area contributed by atoms with Gasteiger partial charge in [-0.3, -0.25) is 14.4 Å². The normalized spacial score (nSPS) is 17.7. The number of methoxy groups -OCH3 is 1. The Bertz CT molecular complexity index is 650. The highest BCUT2D eigenvalue weighted by molar-refractivity contribution is 5.85. The molecular formula is C28H55ClN4O4. The molecule has 8 nitrogen and oxygen atoms in total. The van der Waals surface area contributed by atoms with Crippen LogP contribution >= 0.6 is 12.4 Å². The van der Waals surface area contributed by atoms with Gasteiger partial charge in [0.2, 0.25) is 11.8 Å². The topological polar surface area (TPSA) is 114 Å². The Morgan fingerprint density at radius 3 is 2.27 bits per heavy atom. The van der Waals surface area contributed by atoms with E-state index in [1.165, 1.54) is 39.2 Å². The zero-order chi connectivity index (χ0) is 26.9. The van der Waals surface area contributed by atoms with E-state index in [0.717, 1.165) is 37.6 Å². The number of hydrogen-bond acceptors (Lipinski definition) is 6. The lowest BCUT2D eigenvalue weighted by molar-refractivity contribution is -0.141. The Labute approximate surface area is 232 Å². The van der Waals surface area contributed by atoms with Crippen molar-refractivity contribution >= 4 is 30.2 Å². The van der Waals surface area contributed by atoms with Crippen LogP contribution in [0.25, 0.3) is 0 Å². The van der Waals surface area contributed by atoms with Gasteiger partial charge in [-0.05, 0) is 37.0 Å². The van der Waals surface area contributed by atoms with Crippen molar-refractivity contribution in [3.8, 4) is 0 Å². The number of nitrogens with two attached hydrogens (primary N) is 1. The van der Waals surface area contributed by atoms with Gasteiger partial charge < -0.3 is 26.0 Å². The van der Waals surface area contributed by atoms with Crippen molar-refractivity contribution in [2.75, 3.05) is 33.3 Å². The van der Waals surface area contributed by atoms with Crippen molar-refractivity contribution in [3.63, 3.8) is 0 Å². The molecule has 1 heterocycles. The van der Waals surface area contributed by atoms with Crippen LogP contribution in [0.15, 0.2) is 0 Å². The van der Waals surface area contributed by atoms with Crippen LogP contribution in [0.3, 0.4) is 0 Å². The molecule has 0 radical (unpaired) electrons. The van der Waals surface area contributed by atoms with Gasteiger partial charge in [0, 0.05) is 45.1 Å². The zero-order valence-corrected chi connectivity index (χ0v) is 24.9. The molecule has 0 aromatic heterocycles. The minimum absolute atomic E-state index is 0. The second-order valence-electron chi connectivity index (χ2n) is 11.2. The summed E-state index contributed by atoms with van der Waals surface area (Å²) < 4.78 is 4.72. The fraction of sp³-hybridized carbons (Fsp3) is 0.893. The first-order chi connectivity index (χ1) is 17.2. The Hall–Kier alpha value is -1.38. The van der Waals surface area contributed by atoms with Gasteiger partial charge in [-0.25, -0.2) is 0 Å². The van der Waals surface area contributed by atoms with Crippen molar-refractivity contribution in [2.45, 2.75) is 110 Å². The van der Waals surface area contributed by atoms with Crippen LogP contribution in [-0.4, -0.2) is 68.1 Å². The summed E-state index contributed by atoms with van der Waals surface area (Å²) in [6.45, 7) is 11.2. The molecule has 1 saturated heterocycles. The summed E-state index contributed by atoms with van der Waals surface area (Å²) in [6.07, 6.45) is 10.4.